The van der Waals surface area contributed by atoms with Gasteiger partial charge in [0.15, 0.2) is 0 Å². The molecule has 1 amide bonds. The Morgan fingerprint density at radius 2 is 1.69 bits per heavy atom. The van der Waals surface area contributed by atoms with E-state index in [0.717, 1.165) is 73.9 Å². The van der Waals surface area contributed by atoms with Crippen molar-refractivity contribution < 1.29 is 23.7 Å². The number of piperazine rings is 1. The molecule has 2 aliphatic rings. The number of fused-ring (bicyclic) bond motifs is 1. The summed E-state index contributed by atoms with van der Waals surface area (Å²) in [6.07, 6.45) is 5.97. The molecule has 0 spiro atoms. The fourth-order valence-electron chi connectivity index (χ4n) is 7.23. The maximum atomic E-state index is 11.6. The van der Waals surface area contributed by atoms with Crippen molar-refractivity contribution in [2.45, 2.75) is 38.3 Å². The number of halogens is 2. The van der Waals surface area contributed by atoms with Gasteiger partial charge in [-0.1, -0.05) is 71.7 Å². The summed E-state index contributed by atoms with van der Waals surface area (Å²) in [4.78, 5) is 22.0. The van der Waals surface area contributed by atoms with Crippen molar-refractivity contribution in [3.63, 3.8) is 0 Å². The third-order valence-corrected chi connectivity index (χ3v) is 10.8. The molecule has 0 aliphatic carbocycles. The molecular formula is C45H51Cl2N7O5. The summed E-state index contributed by atoms with van der Waals surface area (Å²) in [6.45, 7) is 8.26. The first-order valence-electron chi connectivity index (χ1n) is 19.9. The van der Waals surface area contributed by atoms with Crippen LogP contribution < -0.4 is 14.4 Å². The molecule has 0 saturated carbocycles. The lowest BCUT2D eigenvalue weighted by atomic mass is 10.1. The van der Waals surface area contributed by atoms with Gasteiger partial charge in [-0.25, -0.2) is 4.98 Å². The van der Waals surface area contributed by atoms with Gasteiger partial charge in [0.05, 0.1) is 48.6 Å². The van der Waals surface area contributed by atoms with Gasteiger partial charge in [-0.2, -0.15) is 0 Å². The maximum absolute atomic E-state index is 11.6. The van der Waals surface area contributed by atoms with Crippen molar-refractivity contribution >= 4 is 45.7 Å². The van der Waals surface area contributed by atoms with Gasteiger partial charge in [0.2, 0.25) is 17.6 Å². The van der Waals surface area contributed by atoms with Crippen LogP contribution in [-0.2, 0) is 33.1 Å². The molecule has 59 heavy (non-hydrogen) atoms. The van der Waals surface area contributed by atoms with Gasteiger partial charge >= 0.3 is 0 Å². The van der Waals surface area contributed by atoms with E-state index in [1.807, 2.05) is 68.9 Å². The molecule has 0 bridgehead atoms. The number of para-hydroxylation sites is 1. The van der Waals surface area contributed by atoms with E-state index < -0.39 is 5.79 Å². The minimum absolute atomic E-state index is 0.129. The lowest BCUT2D eigenvalue weighted by molar-refractivity contribution is -0.189. The summed E-state index contributed by atoms with van der Waals surface area (Å²) in [5, 5.41) is 6.78. The standard InChI is InChI=1S/C26H28Cl2N4O4.C19H23N3O/c1-19(33)31-10-12-32(13-11-31)21-3-5-22(6-4-21)34-15-23-16-35-26(36-23,17-30-9-8-29-18-30)24-7-2-20(27)14-25(24)28;1-21(2)13-8-14-23-19-17-11-6-7-12-18(17)22(20-19)15-16-9-4-3-5-10-16/h2-9,14,18,23H,10-13,15-17H2,1H3;3-7,9-12H,8,13-15H2,1-2H3/t23-,26-;/m0./s1. The number of amides is 1. The summed E-state index contributed by atoms with van der Waals surface area (Å²) in [5.74, 6) is 0.531. The minimum atomic E-state index is -1.08. The molecule has 0 unspecified atom stereocenters. The number of anilines is 1. The smallest absolute Gasteiger partial charge is 0.240 e. The number of carbonyl (C=O) groups excluding carboxylic acids is 1. The van der Waals surface area contributed by atoms with Gasteiger partial charge in [-0.3, -0.25) is 9.48 Å². The molecule has 4 aromatic carbocycles. The second kappa shape index (κ2) is 19.8. The molecule has 310 valence electrons. The van der Waals surface area contributed by atoms with Gasteiger partial charge in [-0.15, -0.1) is 5.10 Å². The third-order valence-electron chi connectivity index (χ3n) is 10.3. The summed E-state index contributed by atoms with van der Waals surface area (Å²) in [5.41, 5.74) is 4.17. The lowest BCUT2D eigenvalue weighted by Crippen LogP contribution is -2.48. The quantitative estimate of drug-likeness (QED) is 0.103. The van der Waals surface area contributed by atoms with Crippen molar-refractivity contribution in [2.24, 2.45) is 0 Å². The predicted octanol–water partition coefficient (Wildman–Crippen LogP) is 7.62. The Morgan fingerprint density at radius 1 is 0.932 bits per heavy atom. The largest absolute Gasteiger partial charge is 0.491 e. The number of aromatic nitrogens is 4. The number of carbonyl (C=O) groups is 1. The van der Waals surface area contributed by atoms with E-state index in [9.17, 15) is 4.79 Å². The average Bonchev–Trinajstić information content (AvgIpc) is 4.00. The molecule has 14 heteroatoms. The minimum Gasteiger partial charge on any atom is -0.491 e. The van der Waals surface area contributed by atoms with E-state index in [4.69, 9.17) is 42.1 Å². The first kappa shape index (κ1) is 42.0. The Bertz CT molecular complexity index is 2250. The zero-order valence-corrected chi connectivity index (χ0v) is 35.3. The van der Waals surface area contributed by atoms with Crippen LogP contribution in [0.15, 0.2) is 116 Å². The van der Waals surface area contributed by atoms with Crippen LogP contribution in [-0.4, -0.2) is 108 Å². The second-order valence-corrected chi connectivity index (χ2v) is 15.8. The number of rotatable bonds is 14. The Balaban J connectivity index is 0.000000198. The third kappa shape index (κ3) is 10.9. The fourth-order valence-corrected chi connectivity index (χ4v) is 7.78. The SMILES string of the molecule is CC(=O)N1CCN(c2ccc(OC[C@H]3CO[C@](Cn4ccnc4)(c4ccc(Cl)cc4Cl)O3)cc2)CC1.CN(C)CCCOc1nn(Cc2ccccc2)c2ccccc12. The normalized spacial score (nSPS) is 17.9. The number of imidazole rings is 1. The van der Waals surface area contributed by atoms with Gasteiger partial charge in [-0.05, 0) is 74.6 Å². The van der Waals surface area contributed by atoms with Crippen molar-refractivity contribution in [3.05, 3.63) is 137 Å². The molecule has 2 atom stereocenters. The van der Waals surface area contributed by atoms with Crippen LogP contribution in [0.25, 0.3) is 10.9 Å². The zero-order chi connectivity index (χ0) is 41.2. The van der Waals surface area contributed by atoms with E-state index in [-0.39, 0.29) is 12.0 Å². The van der Waals surface area contributed by atoms with E-state index in [0.29, 0.717) is 42.0 Å². The molecular weight excluding hydrogens is 789 g/mol. The molecule has 2 aromatic heterocycles. The van der Waals surface area contributed by atoms with Gasteiger partial charge < -0.3 is 38.2 Å². The Kier molecular flexibility index (Phi) is 14.1. The summed E-state index contributed by atoms with van der Waals surface area (Å²) in [7, 11) is 4.15. The van der Waals surface area contributed by atoms with Crippen LogP contribution in [0.5, 0.6) is 11.6 Å². The van der Waals surface area contributed by atoms with Crippen LogP contribution >= 0.6 is 23.2 Å². The average molecular weight is 841 g/mol. The molecule has 0 N–H and O–H groups in total. The van der Waals surface area contributed by atoms with E-state index >= 15 is 0 Å². The summed E-state index contributed by atoms with van der Waals surface area (Å²) in [6, 6.07) is 31.9. The molecule has 2 fully saturated rings. The zero-order valence-electron chi connectivity index (χ0n) is 33.8. The topological polar surface area (TPSA) is 99.3 Å². The van der Waals surface area contributed by atoms with E-state index in [2.05, 4.69) is 70.4 Å². The van der Waals surface area contributed by atoms with Crippen LogP contribution in [0.4, 0.5) is 5.69 Å². The maximum Gasteiger partial charge on any atom is 0.240 e. The van der Waals surface area contributed by atoms with Crippen LogP contribution in [0.2, 0.25) is 10.0 Å². The van der Waals surface area contributed by atoms with Crippen LogP contribution in [0.3, 0.4) is 0 Å². The van der Waals surface area contributed by atoms with E-state index in [1.165, 1.54) is 5.56 Å². The second-order valence-electron chi connectivity index (χ2n) is 14.9. The Labute approximate surface area is 355 Å². The number of benzene rings is 4. The molecule has 8 rings (SSSR count). The van der Waals surface area contributed by atoms with Crippen LogP contribution in [0.1, 0.15) is 24.5 Å². The number of hydrogen-bond donors (Lipinski definition) is 0. The Hall–Kier alpha value is -5.11. The van der Waals surface area contributed by atoms with E-state index in [1.54, 1.807) is 31.6 Å². The number of nitrogens with zero attached hydrogens (tertiary/aromatic N) is 7. The van der Waals surface area contributed by atoms with Gasteiger partial charge in [0.25, 0.3) is 0 Å². The predicted molar refractivity (Wildman–Crippen MR) is 232 cm³/mol. The summed E-state index contributed by atoms with van der Waals surface area (Å²) >= 11 is 12.7. The van der Waals surface area contributed by atoms with Gasteiger partial charge in [0.1, 0.15) is 18.5 Å². The number of hydrogen-bond acceptors (Lipinski definition) is 9. The van der Waals surface area contributed by atoms with Crippen molar-refractivity contribution in [3.8, 4) is 11.6 Å². The van der Waals surface area contributed by atoms with Crippen LogP contribution in [0, 0.1) is 0 Å². The highest BCUT2D eigenvalue weighted by Crippen LogP contribution is 2.40. The first-order valence-corrected chi connectivity index (χ1v) is 20.6. The molecule has 12 nitrogen and oxygen atoms in total. The molecule has 0 radical (unpaired) electrons. The summed E-state index contributed by atoms with van der Waals surface area (Å²) < 4.78 is 28.6. The molecule has 4 heterocycles. The molecule has 2 aliphatic heterocycles. The first-order chi connectivity index (χ1) is 28.7. The molecule has 6 aromatic rings. The van der Waals surface area contributed by atoms with Crippen molar-refractivity contribution in [1.29, 1.82) is 0 Å². The number of ether oxygens (including phenoxy) is 4. The highest BCUT2D eigenvalue weighted by atomic mass is 35.5. The monoisotopic (exact) mass is 839 g/mol. The lowest BCUT2D eigenvalue weighted by Gasteiger charge is -2.35. The van der Waals surface area contributed by atoms with Gasteiger partial charge in [0, 0.05) is 68.3 Å². The Morgan fingerprint density at radius 3 is 2.41 bits per heavy atom. The van der Waals surface area contributed by atoms with Crippen molar-refractivity contribution in [2.75, 3.05) is 71.5 Å². The van der Waals surface area contributed by atoms with Crippen molar-refractivity contribution in [1.82, 2.24) is 29.1 Å². The molecule has 2 saturated heterocycles. The highest BCUT2D eigenvalue weighted by Gasteiger charge is 2.45. The fraction of sp³-hybridized carbons (Fsp3) is 0.356. The highest BCUT2D eigenvalue weighted by molar-refractivity contribution is 6.35.